The molecule has 4 aromatic rings. The zero-order valence-electron chi connectivity index (χ0n) is 20.6. The molecular weight excluding hydrogens is 480 g/mol. The lowest BCUT2D eigenvalue weighted by molar-refractivity contribution is -0.00655. The van der Waals surface area contributed by atoms with Crippen LogP contribution in [0, 0.1) is 5.92 Å². The summed E-state index contributed by atoms with van der Waals surface area (Å²) in [5.41, 5.74) is 3.48. The van der Waals surface area contributed by atoms with Gasteiger partial charge >= 0.3 is 0 Å². The summed E-state index contributed by atoms with van der Waals surface area (Å²) in [5.74, 6) is 0.269. The molecule has 36 heavy (non-hydrogen) atoms. The van der Waals surface area contributed by atoms with E-state index in [1.807, 2.05) is 33.2 Å². The molecule has 11 heteroatoms. The number of hydrogen-bond acceptors (Lipinski definition) is 8. The van der Waals surface area contributed by atoms with E-state index in [2.05, 4.69) is 30.8 Å². The number of fused-ring (bicyclic) bond motifs is 1. The van der Waals surface area contributed by atoms with Gasteiger partial charge in [-0.25, -0.2) is 9.50 Å². The summed E-state index contributed by atoms with van der Waals surface area (Å²) in [6.07, 6.45) is 12.9. The molecule has 4 heterocycles. The number of hydrogen-bond donors (Lipinski definition) is 4. The lowest BCUT2D eigenvalue weighted by Crippen LogP contribution is -2.41. The number of rotatable bonds is 7. The highest BCUT2D eigenvalue weighted by Gasteiger charge is 2.32. The Morgan fingerprint density at radius 2 is 1.83 bits per heavy atom. The average Bonchev–Trinajstić information content (AvgIpc) is 3.44. The van der Waals surface area contributed by atoms with Crippen molar-refractivity contribution >= 4 is 28.6 Å². The van der Waals surface area contributed by atoms with Crippen LogP contribution in [0.5, 0.6) is 0 Å². The SMILES string of the molecule is Cn1cc(Nc2cc(-c3cnn4cc(Cl)cnc34)ncc2C(O)NC2CCC(C(C)(C)O)CC2)cn1. The molecule has 1 saturated carbocycles. The van der Waals surface area contributed by atoms with Crippen molar-refractivity contribution in [3.63, 3.8) is 0 Å². The van der Waals surface area contributed by atoms with Crippen molar-refractivity contribution in [2.45, 2.75) is 57.4 Å². The second-order valence-corrected chi connectivity index (χ2v) is 10.5. The Labute approximate surface area is 214 Å². The summed E-state index contributed by atoms with van der Waals surface area (Å²) in [4.78, 5) is 9.05. The van der Waals surface area contributed by atoms with Crippen LogP contribution in [0.4, 0.5) is 11.4 Å². The average molecular weight is 511 g/mol. The van der Waals surface area contributed by atoms with Crippen molar-refractivity contribution in [2.24, 2.45) is 13.0 Å². The largest absolute Gasteiger partial charge is 0.390 e. The summed E-state index contributed by atoms with van der Waals surface area (Å²) < 4.78 is 3.32. The van der Waals surface area contributed by atoms with E-state index in [4.69, 9.17) is 11.6 Å². The minimum Gasteiger partial charge on any atom is -0.390 e. The molecule has 1 atom stereocenters. The number of pyridine rings is 1. The zero-order chi connectivity index (χ0) is 25.4. The third kappa shape index (κ3) is 5.22. The number of aliphatic hydroxyl groups excluding tert-OH is 1. The molecule has 0 saturated heterocycles. The monoisotopic (exact) mass is 510 g/mol. The number of aromatic nitrogens is 6. The van der Waals surface area contributed by atoms with E-state index in [0.29, 0.717) is 27.6 Å². The van der Waals surface area contributed by atoms with Gasteiger partial charge in [0, 0.05) is 42.9 Å². The van der Waals surface area contributed by atoms with Gasteiger partial charge in [-0.05, 0) is 51.5 Å². The fraction of sp³-hybridized carbons (Fsp3) is 0.440. The molecule has 190 valence electrons. The molecule has 0 bridgehead atoms. The van der Waals surface area contributed by atoms with Crippen LogP contribution >= 0.6 is 11.6 Å². The van der Waals surface area contributed by atoms with Gasteiger partial charge in [-0.2, -0.15) is 10.2 Å². The zero-order valence-corrected chi connectivity index (χ0v) is 21.3. The van der Waals surface area contributed by atoms with E-state index < -0.39 is 11.8 Å². The first-order valence-electron chi connectivity index (χ1n) is 12.1. The molecule has 0 spiro atoms. The smallest absolute Gasteiger partial charge is 0.164 e. The standard InChI is InChI=1S/C25H31ClN8O2/c1-25(2,36)15-4-6-17(7-5-15)32-24(35)20-11-27-21(8-22(20)31-18-10-29-33(3)14-18)19-12-30-34-13-16(26)9-28-23(19)34/h8-15,17,24,32,35-36H,4-7H2,1-3H3,(H,27,31). The van der Waals surface area contributed by atoms with Gasteiger partial charge in [0.2, 0.25) is 0 Å². The summed E-state index contributed by atoms with van der Waals surface area (Å²) >= 11 is 6.05. The number of aryl methyl sites for hydroxylation is 1. The number of aliphatic hydroxyl groups is 2. The molecule has 4 N–H and O–H groups in total. The van der Waals surface area contributed by atoms with Crippen LogP contribution in [-0.2, 0) is 7.05 Å². The minimum atomic E-state index is -0.921. The van der Waals surface area contributed by atoms with Gasteiger partial charge in [0.25, 0.3) is 0 Å². The van der Waals surface area contributed by atoms with Gasteiger partial charge < -0.3 is 15.5 Å². The number of halogens is 1. The number of nitrogens with zero attached hydrogens (tertiary/aromatic N) is 6. The molecule has 1 fully saturated rings. The number of nitrogens with one attached hydrogen (secondary N) is 2. The highest BCUT2D eigenvalue weighted by Crippen LogP contribution is 2.35. The van der Waals surface area contributed by atoms with Gasteiger partial charge in [-0.15, -0.1) is 0 Å². The first-order valence-corrected chi connectivity index (χ1v) is 12.5. The van der Waals surface area contributed by atoms with Gasteiger partial charge in [0.1, 0.15) is 6.23 Å². The lowest BCUT2D eigenvalue weighted by Gasteiger charge is -2.37. The van der Waals surface area contributed by atoms with Crippen LogP contribution in [0.15, 0.2) is 43.2 Å². The minimum absolute atomic E-state index is 0.151. The molecule has 5 rings (SSSR count). The molecule has 10 nitrogen and oxygen atoms in total. The highest BCUT2D eigenvalue weighted by atomic mass is 35.5. The Kier molecular flexibility index (Phi) is 6.69. The maximum absolute atomic E-state index is 11.2. The third-order valence-electron chi connectivity index (χ3n) is 6.93. The van der Waals surface area contributed by atoms with E-state index in [-0.39, 0.29) is 12.0 Å². The Hall–Kier alpha value is -3.05. The maximum atomic E-state index is 11.2. The van der Waals surface area contributed by atoms with E-state index in [0.717, 1.165) is 36.9 Å². The van der Waals surface area contributed by atoms with Crippen molar-refractivity contribution in [1.82, 2.24) is 34.7 Å². The van der Waals surface area contributed by atoms with Crippen LogP contribution in [0.3, 0.4) is 0 Å². The van der Waals surface area contributed by atoms with Gasteiger partial charge in [-0.1, -0.05) is 11.6 Å². The Morgan fingerprint density at radius 1 is 1.06 bits per heavy atom. The van der Waals surface area contributed by atoms with Crippen molar-refractivity contribution in [2.75, 3.05) is 5.32 Å². The summed E-state index contributed by atoms with van der Waals surface area (Å²) in [7, 11) is 1.85. The van der Waals surface area contributed by atoms with Crippen molar-refractivity contribution in [3.8, 4) is 11.3 Å². The molecular formula is C25H31ClN8O2. The van der Waals surface area contributed by atoms with Crippen LogP contribution in [0.2, 0.25) is 5.02 Å². The van der Waals surface area contributed by atoms with Crippen LogP contribution < -0.4 is 10.6 Å². The number of anilines is 2. The molecule has 0 radical (unpaired) electrons. The van der Waals surface area contributed by atoms with E-state index >= 15 is 0 Å². The van der Waals surface area contributed by atoms with Gasteiger partial charge in [0.15, 0.2) is 5.65 Å². The van der Waals surface area contributed by atoms with Crippen LogP contribution in [-0.4, -0.2) is 51.2 Å². The van der Waals surface area contributed by atoms with Crippen molar-refractivity contribution < 1.29 is 10.2 Å². The summed E-state index contributed by atoms with van der Waals surface area (Å²) in [6.45, 7) is 3.75. The first kappa shape index (κ1) is 24.6. The van der Waals surface area contributed by atoms with Crippen LogP contribution in [0.25, 0.3) is 16.9 Å². The van der Waals surface area contributed by atoms with E-state index in [9.17, 15) is 10.2 Å². The molecule has 0 amide bonds. The predicted octanol–water partition coefficient (Wildman–Crippen LogP) is 3.83. The van der Waals surface area contributed by atoms with E-state index in [1.54, 1.807) is 40.2 Å². The van der Waals surface area contributed by atoms with Crippen LogP contribution in [0.1, 0.15) is 51.3 Å². The second-order valence-electron chi connectivity index (χ2n) is 10.1. The van der Waals surface area contributed by atoms with Gasteiger partial charge in [0.05, 0.1) is 46.2 Å². The van der Waals surface area contributed by atoms with Crippen molar-refractivity contribution in [1.29, 1.82) is 0 Å². The van der Waals surface area contributed by atoms with Crippen molar-refractivity contribution in [3.05, 3.63) is 53.8 Å². The Bertz CT molecular complexity index is 1350. The van der Waals surface area contributed by atoms with Gasteiger partial charge in [-0.3, -0.25) is 15.0 Å². The van der Waals surface area contributed by atoms with E-state index in [1.165, 1.54) is 0 Å². The second kappa shape index (κ2) is 9.78. The fourth-order valence-corrected chi connectivity index (χ4v) is 5.03. The maximum Gasteiger partial charge on any atom is 0.164 e. The highest BCUT2D eigenvalue weighted by molar-refractivity contribution is 6.30. The molecule has 1 aliphatic carbocycles. The molecule has 4 aromatic heterocycles. The summed E-state index contributed by atoms with van der Waals surface area (Å²) in [5, 5.41) is 37.3. The fourth-order valence-electron chi connectivity index (χ4n) is 4.89. The predicted molar refractivity (Wildman–Crippen MR) is 138 cm³/mol. The molecule has 0 aliphatic heterocycles. The third-order valence-corrected chi connectivity index (χ3v) is 7.13. The lowest BCUT2D eigenvalue weighted by atomic mass is 9.77. The normalized spacial score (nSPS) is 19.5. The topological polar surface area (TPSA) is 125 Å². The Morgan fingerprint density at radius 3 is 2.53 bits per heavy atom. The quantitative estimate of drug-likeness (QED) is 0.276. The Balaban J connectivity index is 1.42. The molecule has 1 aliphatic rings. The molecule has 1 unspecified atom stereocenters. The molecule has 0 aromatic carbocycles. The summed E-state index contributed by atoms with van der Waals surface area (Å²) in [6, 6.07) is 2.03. The first-order chi connectivity index (χ1) is 17.2.